The van der Waals surface area contributed by atoms with Crippen LogP contribution in [0.4, 0.5) is 5.69 Å². The predicted molar refractivity (Wildman–Crippen MR) is 83.7 cm³/mol. The van der Waals surface area contributed by atoms with Gasteiger partial charge < -0.3 is 11.1 Å². The summed E-state index contributed by atoms with van der Waals surface area (Å²) in [7, 11) is 0. The Morgan fingerprint density at radius 1 is 1.15 bits per heavy atom. The monoisotopic (exact) mass is 274 g/mol. The van der Waals surface area contributed by atoms with Crippen molar-refractivity contribution in [3.05, 3.63) is 29.8 Å². The number of hydrogen-bond acceptors (Lipinski definition) is 2. The van der Waals surface area contributed by atoms with E-state index in [0.29, 0.717) is 5.92 Å². The van der Waals surface area contributed by atoms with E-state index in [9.17, 15) is 4.79 Å². The first-order valence-electron chi connectivity index (χ1n) is 7.74. The van der Waals surface area contributed by atoms with Gasteiger partial charge in [0.1, 0.15) is 0 Å². The van der Waals surface area contributed by atoms with Gasteiger partial charge in [-0.2, -0.15) is 0 Å². The average molecular weight is 274 g/mol. The normalized spacial score (nSPS) is 23.4. The predicted octanol–water partition coefficient (Wildman–Crippen LogP) is 3.66. The van der Waals surface area contributed by atoms with Crippen LogP contribution in [-0.4, -0.2) is 11.9 Å². The minimum absolute atomic E-state index is 0.00689. The number of hydrogen-bond donors (Lipinski definition) is 2. The van der Waals surface area contributed by atoms with Crippen molar-refractivity contribution in [3.63, 3.8) is 0 Å². The fourth-order valence-corrected chi connectivity index (χ4v) is 2.85. The molecule has 2 unspecified atom stereocenters. The van der Waals surface area contributed by atoms with Crippen molar-refractivity contribution in [2.75, 3.05) is 5.32 Å². The van der Waals surface area contributed by atoms with Crippen molar-refractivity contribution >= 4 is 11.6 Å². The molecule has 0 aliphatic heterocycles. The highest BCUT2D eigenvalue weighted by Gasteiger charge is 2.26. The fraction of sp³-hybridized carbons (Fsp3) is 0.588. The first-order valence-corrected chi connectivity index (χ1v) is 7.74. The molecule has 2 rings (SSSR count). The fourth-order valence-electron chi connectivity index (χ4n) is 2.85. The van der Waals surface area contributed by atoms with Crippen LogP contribution in [0, 0.1) is 5.92 Å². The summed E-state index contributed by atoms with van der Waals surface area (Å²) >= 11 is 0. The molecule has 3 nitrogen and oxygen atoms in total. The molecule has 1 amide bonds. The molecule has 1 aliphatic carbocycles. The Labute approximate surface area is 121 Å². The number of nitrogens with one attached hydrogen (secondary N) is 1. The zero-order valence-corrected chi connectivity index (χ0v) is 12.6. The summed E-state index contributed by atoms with van der Waals surface area (Å²) < 4.78 is 0. The third-order valence-electron chi connectivity index (χ3n) is 4.25. The zero-order valence-electron chi connectivity index (χ0n) is 12.6. The van der Waals surface area contributed by atoms with Crippen molar-refractivity contribution in [2.24, 2.45) is 11.7 Å². The second-order valence-electron chi connectivity index (χ2n) is 6.17. The lowest BCUT2D eigenvalue weighted by Gasteiger charge is -2.20. The molecule has 0 heterocycles. The molecule has 0 bridgehead atoms. The third kappa shape index (κ3) is 3.83. The van der Waals surface area contributed by atoms with Gasteiger partial charge in [-0.1, -0.05) is 45.2 Å². The second-order valence-corrected chi connectivity index (χ2v) is 6.17. The lowest BCUT2D eigenvalue weighted by atomic mass is 9.94. The van der Waals surface area contributed by atoms with Crippen LogP contribution in [0.1, 0.15) is 57.4 Å². The summed E-state index contributed by atoms with van der Waals surface area (Å²) in [5.74, 6) is 0.550. The van der Waals surface area contributed by atoms with Crippen LogP contribution in [0.15, 0.2) is 24.3 Å². The Morgan fingerprint density at radius 3 is 2.45 bits per heavy atom. The SMILES string of the molecule is CC(C)c1ccc(NC(=O)C2CCCCCC2N)cc1. The molecule has 1 aromatic rings. The minimum Gasteiger partial charge on any atom is -0.327 e. The molecular formula is C17H26N2O. The van der Waals surface area contributed by atoms with Gasteiger partial charge in [-0.05, 0) is 36.5 Å². The first kappa shape index (κ1) is 15.0. The topological polar surface area (TPSA) is 55.1 Å². The Morgan fingerprint density at radius 2 is 1.80 bits per heavy atom. The van der Waals surface area contributed by atoms with Crippen molar-refractivity contribution in [1.82, 2.24) is 0 Å². The summed E-state index contributed by atoms with van der Waals surface area (Å²) in [6.45, 7) is 4.33. The molecule has 3 heteroatoms. The summed E-state index contributed by atoms with van der Waals surface area (Å²) in [5.41, 5.74) is 8.29. The Bertz CT molecular complexity index is 439. The number of rotatable bonds is 3. The Balaban J connectivity index is 1.99. The van der Waals surface area contributed by atoms with Crippen LogP contribution in [0.25, 0.3) is 0 Å². The van der Waals surface area contributed by atoms with E-state index in [2.05, 4.69) is 31.3 Å². The van der Waals surface area contributed by atoms with E-state index in [1.54, 1.807) is 0 Å². The average Bonchev–Trinajstić information content (AvgIpc) is 2.64. The number of benzene rings is 1. The first-order chi connectivity index (χ1) is 9.58. The third-order valence-corrected chi connectivity index (χ3v) is 4.25. The maximum absolute atomic E-state index is 12.4. The van der Waals surface area contributed by atoms with E-state index in [1.807, 2.05) is 12.1 Å². The van der Waals surface area contributed by atoms with E-state index in [4.69, 9.17) is 5.73 Å². The van der Waals surface area contributed by atoms with Gasteiger partial charge in [0.25, 0.3) is 0 Å². The Kier molecular flexibility index (Phi) is 5.18. The zero-order chi connectivity index (χ0) is 14.5. The second kappa shape index (κ2) is 6.89. The largest absolute Gasteiger partial charge is 0.327 e. The van der Waals surface area contributed by atoms with Gasteiger partial charge in [0.2, 0.25) is 5.91 Å². The van der Waals surface area contributed by atoms with E-state index in [1.165, 1.54) is 12.0 Å². The number of carbonyl (C=O) groups excluding carboxylic acids is 1. The molecule has 1 saturated carbocycles. The van der Waals surface area contributed by atoms with Gasteiger partial charge in [-0.25, -0.2) is 0 Å². The molecule has 0 radical (unpaired) electrons. The molecule has 1 aromatic carbocycles. The number of nitrogens with two attached hydrogens (primary N) is 1. The summed E-state index contributed by atoms with van der Waals surface area (Å²) in [4.78, 5) is 12.4. The quantitative estimate of drug-likeness (QED) is 0.826. The molecule has 110 valence electrons. The number of anilines is 1. The van der Waals surface area contributed by atoms with Crippen LogP contribution < -0.4 is 11.1 Å². The lowest BCUT2D eigenvalue weighted by molar-refractivity contribution is -0.120. The molecule has 1 fully saturated rings. The van der Waals surface area contributed by atoms with Crippen molar-refractivity contribution in [2.45, 2.75) is 57.9 Å². The van der Waals surface area contributed by atoms with Gasteiger partial charge >= 0.3 is 0 Å². The van der Waals surface area contributed by atoms with E-state index < -0.39 is 0 Å². The van der Waals surface area contributed by atoms with Crippen molar-refractivity contribution in [1.29, 1.82) is 0 Å². The maximum Gasteiger partial charge on any atom is 0.229 e. The van der Waals surface area contributed by atoms with Gasteiger partial charge in [-0.3, -0.25) is 4.79 Å². The smallest absolute Gasteiger partial charge is 0.229 e. The standard InChI is InChI=1S/C17H26N2O/c1-12(2)13-8-10-14(11-9-13)19-17(20)15-6-4-3-5-7-16(15)18/h8-12,15-16H,3-7,18H2,1-2H3,(H,19,20). The summed E-state index contributed by atoms with van der Waals surface area (Å²) in [6, 6.07) is 8.12. The van der Waals surface area contributed by atoms with E-state index in [0.717, 1.165) is 31.4 Å². The van der Waals surface area contributed by atoms with E-state index >= 15 is 0 Å². The van der Waals surface area contributed by atoms with Gasteiger partial charge in [0.05, 0.1) is 5.92 Å². The lowest BCUT2D eigenvalue weighted by Crippen LogP contribution is -2.37. The number of carbonyl (C=O) groups is 1. The molecule has 0 spiro atoms. The van der Waals surface area contributed by atoms with Crippen LogP contribution in [0.2, 0.25) is 0 Å². The molecule has 3 N–H and O–H groups in total. The van der Waals surface area contributed by atoms with Crippen LogP contribution in [0.3, 0.4) is 0 Å². The molecule has 0 aromatic heterocycles. The highest BCUT2D eigenvalue weighted by atomic mass is 16.1. The number of amides is 1. The van der Waals surface area contributed by atoms with Crippen molar-refractivity contribution < 1.29 is 4.79 Å². The van der Waals surface area contributed by atoms with Crippen LogP contribution in [0.5, 0.6) is 0 Å². The van der Waals surface area contributed by atoms with Crippen LogP contribution >= 0.6 is 0 Å². The van der Waals surface area contributed by atoms with Gasteiger partial charge in [0.15, 0.2) is 0 Å². The molecule has 20 heavy (non-hydrogen) atoms. The van der Waals surface area contributed by atoms with Gasteiger partial charge in [-0.15, -0.1) is 0 Å². The minimum atomic E-state index is -0.0396. The molecule has 1 aliphatic rings. The highest BCUT2D eigenvalue weighted by molar-refractivity contribution is 5.93. The molecular weight excluding hydrogens is 248 g/mol. The Hall–Kier alpha value is -1.35. The summed E-state index contributed by atoms with van der Waals surface area (Å²) in [5, 5.41) is 3.02. The highest BCUT2D eigenvalue weighted by Crippen LogP contribution is 2.24. The van der Waals surface area contributed by atoms with Crippen LogP contribution in [-0.2, 0) is 4.79 Å². The van der Waals surface area contributed by atoms with Crippen molar-refractivity contribution in [3.8, 4) is 0 Å². The van der Waals surface area contributed by atoms with E-state index in [-0.39, 0.29) is 17.9 Å². The van der Waals surface area contributed by atoms with Gasteiger partial charge in [0, 0.05) is 11.7 Å². The molecule has 2 atom stereocenters. The molecule has 0 saturated heterocycles. The summed E-state index contributed by atoms with van der Waals surface area (Å²) in [6.07, 6.45) is 5.33. The maximum atomic E-state index is 12.4.